The molecule has 0 saturated carbocycles. The largest absolute Gasteiger partial charge is 0.481 e. The minimum atomic E-state index is -1.36. The molecule has 0 aliphatic heterocycles. The van der Waals surface area contributed by atoms with Gasteiger partial charge in [0.25, 0.3) is 0 Å². The molecule has 0 spiro atoms. The van der Waals surface area contributed by atoms with E-state index in [9.17, 15) is 29.1 Å². The van der Waals surface area contributed by atoms with Crippen LogP contribution < -0.4 is 21.7 Å². The SMILES string of the molecule is CC(C)C(NC(=O)C(N)CC(=O)O)C(=O)NC(CS)C(=O)NC(Cc1c[nH]c2ccccc12)C(=O)O. The molecule has 0 fully saturated rings. The minimum Gasteiger partial charge on any atom is -0.481 e. The average Bonchev–Trinajstić information content (AvgIpc) is 3.22. The number of fused-ring (bicyclic) bond motifs is 1. The molecule has 1 aromatic heterocycles. The molecular weight excluding hydrogens is 490 g/mol. The van der Waals surface area contributed by atoms with Gasteiger partial charge in [0.15, 0.2) is 0 Å². The molecule has 0 bridgehead atoms. The highest BCUT2D eigenvalue weighted by Gasteiger charge is 2.31. The first-order valence-electron chi connectivity index (χ1n) is 11.2. The second-order valence-corrected chi connectivity index (χ2v) is 9.01. The Labute approximate surface area is 212 Å². The molecule has 0 radical (unpaired) electrons. The Morgan fingerprint density at radius 3 is 2.19 bits per heavy atom. The number of carbonyl (C=O) groups excluding carboxylic acids is 3. The van der Waals surface area contributed by atoms with Crippen molar-refractivity contribution < 1.29 is 34.2 Å². The predicted molar refractivity (Wildman–Crippen MR) is 134 cm³/mol. The van der Waals surface area contributed by atoms with Crippen molar-refractivity contribution in [1.82, 2.24) is 20.9 Å². The van der Waals surface area contributed by atoms with Gasteiger partial charge in [-0.3, -0.25) is 19.2 Å². The van der Waals surface area contributed by atoms with Crippen LogP contribution in [0.2, 0.25) is 0 Å². The average molecular weight is 522 g/mol. The molecule has 12 nitrogen and oxygen atoms in total. The Kier molecular flexibility index (Phi) is 10.3. The van der Waals surface area contributed by atoms with Gasteiger partial charge in [0, 0.05) is 29.3 Å². The van der Waals surface area contributed by atoms with E-state index in [1.165, 1.54) is 0 Å². The van der Waals surface area contributed by atoms with Crippen LogP contribution in [0.4, 0.5) is 0 Å². The highest BCUT2D eigenvalue weighted by Crippen LogP contribution is 2.19. The molecule has 0 aliphatic carbocycles. The maximum absolute atomic E-state index is 12.8. The standard InChI is InChI=1S/C23H31N5O7S/c1-11(2)19(28-20(31)14(24)8-18(29)30)22(33)27-17(10-36)21(32)26-16(23(34)35)7-12-9-25-15-6-4-3-5-13(12)15/h3-6,9,11,14,16-17,19,25,36H,7-8,10,24H2,1-2H3,(H,26,32)(H,27,33)(H,28,31)(H,29,30)(H,34,35). The van der Waals surface area contributed by atoms with Crippen molar-refractivity contribution in [3.63, 3.8) is 0 Å². The van der Waals surface area contributed by atoms with E-state index in [0.29, 0.717) is 5.56 Å². The number of rotatable bonds is 13. The zero-order valence-electron chi connectivity index (χ0n) is 19.9. The summed E-state index contributed by atoms with van der Waals surface area (Å²) in [4.78, 5) is 63.6. The van der Waals surface area contributed by atoms with Crippen LogP contribution in [0, 0.1) is 5.92 Å². The fourth-order valence-electron chi connectivity index (χ4n) is 3.52. The molecule has 196 valence electrons. The molecule has 4 atom stereocenters. The third-order valence-corrected chi connectivity index (χ3v) is 5.87. The zero-order chi connectivity index (χ0) is 27.0. The zero-order valence-corrected chi connectivity index (χ0v) is 20.7. The van der Waals surface area contributed by atoms with Gasteiger partial charge in [-0.15, -0.1) is 0 Å². The van der Waals surface area contributed by atoms with Crippen LogP contribution in [0.1, 0.15) is 25.8 Å². The minimum absolute atomic E-state index is 0.00443. The van der Waals surface area contributed by atoms with Crippen molar-refractivity contribution >= 4 is 53.2 Å². The summed E-state index contributed by atoms with van der Waals surface area (Å²) in [5.74, 6) is -5.41. The van der Waals surface area contributed by atoms with Gasteiger partial charge in [-0.25, -0.2) is 4.79 Å². The van der Waals surface area contributed by atoms with E-state index in [2.05, 4.69) is 33.6 Å². The second-order valence-electron chi connectivity index (χ2n) is 8.64. The van der Waals surface area contributed by atoms with Crippen molar-refractivity contribution in [1.29, 1.82) is 0 Å². The molecule has 36 heavy (non-hydrogen) atoms. The van der Waals surface area contributed by atoms with E-state index >= 15 is 0 Å². The number of benzene rings is 1. The normalized spacial score (nSPS) is 14.5. The lowest BCUT2D eigenvalue weighted by Gasteiger charge is -2.26. The van der Waals surface area contributed by atoms with Gasteiger partial charge in [-0.2, -0.15) is 12.6 Å². The molecule has 4 unspecified atom stereocenters. The fourth-order valence-corrected chi connectivity index (χ4v) is 3.78. The van der Waals surface area contributed by atoms with Gasteiger partial charge in [-0.05, 0) is 17.5 Å². The van der Waals surface area contributed by atoms with Crippen molar-refractivity contribution in [2.45, 2.75) is 50.9 Å². The van der Waals surface area contributed by atoms with Gasteiger partial charge in [-0.1, -0.05) is 32.0 Å². The lowest BCUT2D eigenvalue weighted by Crippen LogP contribution is -2.59. The Morgan fingerprint density at radius 2 is 1.61 bits per heavy atom. The molecule has 3 amide bonds. The van der Waals surface area contributed by atoms with Gasteiger partial charge in [0.05, 0.1) is 12.5 Å². The molecule has 8 N–H and O–H groups in total. The number of hydrogen-bond acceptors (Lipinski definition) is 7. The van der Waals surface area contributed by atoms with E-state index in [1.54, 1.807) is 20.0 Å². The topological polar surface area (TPSA) is 204 Å². The third-order valence-electron chi connectivity index (χ3n) is 5.51. The number of para-hydroxylation sites is 1. The van der Waals surface area contributed by atoms with Gasteiger partial charge < -0.3 is 36.9 Å². The number of H-pyrrole nitrogens is 1. The summed E-state index contributed by atoms with van der Waals surface area (Å²) in [6.07, 6.45) is 1.06. The summed E-state index contributed by atoms with van der Waals surface area (Å²) >= 11 is 4.10. The maximum Gasteiger partial charge on any atom is 0.326 e. The van der Waals surface area contributed by atoms with Gasteiger partial charge in [0.2, 0.25) is 17.7 Å². The highest BCUT2D eigenvalue weighted by molar-refractivity contribution is 7.80. The number of carboxylic acid groups (broad SMARTS) is 2. The summed E-state index contributed by atoms with van der Waals surface area (Å²) in [6.45, 7) is 3.29. The Bertz CT molecular complexity index is 1120. The van der Waals surface area contributed by atoms with Crippen molar-refractivity contribution in [3.8, 4) is 0 Å². The summed E-state index contributed by atoms with van der Waals surface area (Å²) < 4.78 is 0. The number of thiol groups is 1. The number of aromatic nitrogens is 1. The molecule has 1 aromatic carbocycles. The molecular formula is C23H31N5O7S. The van der Waals surface area contributed by atoms with E-state index in [-0.39, 0.29) is 12.2 Å². The van der Waals surface area contributed by atoms with Crippen LogP contribution in [0.3, 0.4) is 0 Å². The van der Waals surface area contributed by atoms with E-state index in [0.717, 1.165) is 10.9 Å². The number of nitrogens with one attached hydrogen (secondary N) is 4. The quantitative estimate of drug-likeness (QED) is 0.163. The van der Waals surface area contributed by atoms with Crippen molar-refractivity contribution in [2.75, 3.05) is 5.75 Å². The molecule has 13 heteroatoms. The van der Waals surface area contributed by atoms with Crippen LogP contribution in [0.15, 0.2) is 30.5 Å². The maximum atomic E-state index is 12.8. The second kappa shape index (κ2) is 12.9. The molecule has 0 saturated heterocycles. The van der Waals surface area contributed by atoms with Gasteiger partial charge >= 0.3 is 11.9 Å². The van der Waals surface area contributed by atoms with Crippen LogP contribution >= 0.6 is 12.6 Å². The number of hydrogen-bond donors (Lipinski definition) is 8. The number of amides is 3. The number of nitrogens with two attached hydrogens (primary N) is 1. The lowest BCUT2D eigenvalue weighted by atomic mass is 10.0. The number of aliphatic carboxylic acids is 2. The number of carboxylic acids is 2. The number of aromatic amines is 1. The Morgan fingerprint density at radius 1 is 0.972 bits per heavy atom. The van der Waals surface area contributed by atoms with Crippen LogP contribution in [0.5, 0.6) is 0 Å². The highest BCUT2D eigenvalue weighted by atomic mass is 32.1. The van der Waals surface area contributed by atoms with Crippen molar-refractivity contribution in [2.24, 2.45) is 11.7 Å². The van der Waals surface area contributed by atoms with Gasteiger partial charge in [0.1, 0.15) is 18.1 Å². The third kappa shape index (κ3) is 7.71. The molecule has 1 heterocycles. The predicted octanol–water partition coefficient (Wildman–Crippen LogP) is -0.363. The monoisotopic (exact) mass is 521 g/mol. The van der Waals surface area contributed by atoms with E-state index in [4.69, 9.17) is 10.8 Å². The summed E-state index contributed by atoms with van der Waals surface area (Å²) in [5.41, 5.74) is 7.08. The van der Waals surface area contributed by atoms with Crippen LogP contribution in [0.25, 0.3) is 10.9 Å². The lowest BCUT2D eigenvalue weighted by molar-refractivity contribution is -0.142. The molecule has 2 aromatic rings. The Balaban J connectivity index is 2.08. The van der Waals surface area contributed by atoms with Crippen LogP contribution in [-0.2, 0) is 30.4 Å². The van der Waals surface area contributed by atoms with Crippen molar-refractivity contribution in [3.05, 3.63) is 36.0 Å². The first-order chi connectivity index (χ1) is 16.9. The van der Waals surface area contributed by atoms with Crippen LogP contribution in [-0.4, -0.2) is 74.8 Å². The molecule has 2 rings (SSSR count). The van der Waals surface area contributed by atoms with E-state index < -0.39 is 66.2 Å². The number of carbonyl (C=O) groups is 5. The van der Waals surface area contributed by atoms with E-state index in [1.807, 2.05) is 24.3 Å². The fraction of sp³-hybridized carbons (Fsp3) is 0.435. The summed E-state index contributed by atoms with van der Waals surface area (Å²) in [6, 6.07) is 2.39. The first kappa shape index (κ1) is 28.7. The smallest absolute Gasteiger partial charge is 0.326 e. The summed E-state index contributed by atoms with van der Waals surface area (Å²) in [7, 11) is 0. The Hall–Kier alpha value is -3.58. The molecule has 0 aliphatic rings. The first-order valence-corrected chi connectivity index (χ1v) is 11.8. The summed E-state index contributed by atoms with van der Waals surface area (Å²) in [5, 5.41) is 26.6.